The van der Waals surface area contributed by atoms with Gasteiger partial charge in [-0.3, -0.25) is 24.5 Å². The number of fused-ring (bicyclic) bond motifs is 1. The molecule has 0 saturated carbocycles. The Hall–Kier alpha value is -5.17. The Balaban J connectivity index is 1.10. The second-order valence-electron chi connectivity index (χ2n) is 12.1. The third kappa shape index (κ3) is 7.36. The summed E-state index contributed by atoms with van der Waals surface area (Å²) < 4.78 is 6.96. The molecule has 2 aliphatic heterocycles. The number of benzene rings is 2. The van der Waals surface area contributed by atoms with Crippen LogP contribution >= 0.6 is 11.6 Å². The molecular weight excluding hydrogens is 636 g/mol. The molecule has 4 N–H and O–H groups in total. The number of aryl methyl sites for hydroxylation is 1. The lowest BCUT2D eigenvalue weighted by molar-refractivity contribution is -0.134. The minimum Gasteiger partial charge on any atom is -0.478 e. The maximum atomic E-state index is 12.7. The number of nitrogens with zero attached hydrogens (tertiary/aromatic N) is 4. The van der Waals surface area contributed by atoms with E-state index in [2.05, 4.69) is 31.2 Å². The Bertz CT molecular complexity index is 1910. The quantitative estimate of drug-likeness (QED) is 0.183. The summed E-state index contributed by atoms with van der Waals surface area (Å²) in [6.45, 7) is 2.09. The minimum absolute atomic E-state index is 0.0755. The maximum absolute atomic E-state index is 12.7. The summed E-state index contributed by atoms with van der Waals surface area (Å²) in [5, 5.41) is 12.8. The van der Waals surface area contributed by atoms with Crippen molar-refractivity contribution in [3.8, 4) is 5.75 Å². The molecule has 2 aromatic carbocycles. The van der Waals surface area contributed by atoms with Crippen molar-refractivity contribution in [2.45, 2.75) is 31.6 Å². The highest BCUT2D eigenvalue weighted by atomic mass is 35.5. The van der Waals surface area contributed by atoms with E-state index in [0.717, 1.165) is 49.1 Å². The standard InChI is InChI=1S/C34H37ClN8O5/c1-36-30(45)19-48-28-15-22-14-24(9-11-27(22)42(2)33(28)47)39-31-26(35)17-38-34(41-31)43-13-3-4-20(18-43)16-37-23-7-5-21(6-8-23)25-10-12-29(44)40-32(25)46/h5-9,11,14-15,17,20,25,37H,3-4,10,12-13,16,18-19H2,1-2H3,(H,36,45)(H,38,39,41)(H,40,44,46)/t20-,25-/m1/s1. The van der Waals surface area contributed by atoms with Gasteiger partial charge < -0.3 is 30.2 Å². The van der Waals surface area contributed by atoms with Gasteiger partial charge >= 0.3 is 0 Å². The molecule has 2 aromatic heterocycles. The van der Waals surface area contributed by atoms with Crippen molar-refractivity contribution in [1.29, 1.82) is 0 Å². The fourth-order valence-electron chi connectivity index (χ4n) is 6.10. The molecule has 48 heavy (non-hydrogen) atoms. The Kier molecular flexibility index (Phi) is 9.76. The lowest BCUT2D eigenvalue weighted by Gasteiger charge is -2.33. The van der Waals surface area contributed by atoms with Crippen LogP contribution < -0.4 is 36.5 Å². The minimum atomic E-state index is -0.340. The monoisotopic (exact) mass is 672 g/mol. The molecule has 0 unspecified atom stereocenters. The predicted molar refractivity (Wildman–Crippen MR) is 184 cm³/mol. The van der Waals surface area contributed by atoms with E-state index in [4.69, 9.17) is 21.3 Å². The first-order chi connectivity index (χ1) is 23.2. The van der Waals surface area contributed by atoms with E-state index in [1.807, 2.05) is 42.5 Å². The highest BCUT2D eigenvalue weighted by molar-refractivity contribution is 6.32. The molecule has 0 aliphatic carbocycles. The summed E-state index contributed by atoms with van der Waals surface area (Å²) in [7, 11) is 3.15. The van der Waals surface area contributed by atoms with Gasteiger partial charge in [0.2, 0.25) is 17.8 Å². The lowest BCUT2D eigenvalue weighted by Crippen LogP contribution is -2.39. The fraction of sp³-hybridized carbons (Fsp3) is 0.353. The summed E-state index contributed by atoms with van der Waals surface area (Å²) in [5.41, 5.74) is 2.94. The van der Waals surface area contributed by atoms with Crippen molar-refractivity contribution in [2.24, 2.45) is 13.0 Å². The molecule has 0 radical (unpaired) electrons. The average molecular weight is 673 g/mol. The van der Waals surface area contributed by atoms with Gasteiger partial charge in [-0.1, -0.05) is 23.7 Å². The number of carbonyl (C=O) groups excluding carboxylic acids is 3. The van der Waals surface area contributed by atoms with E-state index < -0.39 is 0 Å². The Morgan fingerprint density at radius 3 is 2.65 bits per heavy atom. The molecule has 2 fully saturated rings. The summed E-state index contributed by atoms with van der Waals surface area (Å²) in [4.78, 5) is 59.6. The van der Waals surface area contributed by atoms with Crippen molar-refractivity contribution in [3.05, 3.63) is 75.7 Å². The number of ether oxygens (including phenoxy) is 1. The van der Waals surface area contributed by atoms with Crippen LogP contribution in [-0.4, -0.2) is 65.5 Å². The number of aromatic nitrogens is 3. The topological polar surface area (TPSA) is 160 Å². The van der Waals surface area contributed by atoms with Crippen LogP contribution in [0.2, 0.25) is 5.02 Å². The van der Waals surface area contributed by atoms with Gasteiger partial charge in [0, 0.05) is 56.9 Å². The lowest BCUT2D eigenvalue weighted by atomic mass is 9.90. The predicted octanol–water partition coefficient (Wildman–Crippen LogP) is 3.70. The fourth-order valence-corrected chi connectivity index (χ4v) is 6.24. The molecular formula is C34H37ClN8O5. The van der Waals surface area contributed by atoms with Gasteiger partial charge in [-0.25, -0.2) is 4.98 Å². The van der Waals surface area contributed by atoms with Crippen LogP contribution in [0.1, 0.15) is 37.2 Å². The van der Waals surface area contributed by atoms with Gasteiger partial charge in [0.05, 0.1) is 17.6 Å². The number of nitrogens with one attached hydrogen (secondary N) is 4. The normalized spacial score (nSPS) is 17.9. The first-order valence-electron chi connectivity index (χ1n) is 15.9. The smallest absolute Gasteiger partial charge is 0.293 e. The molecule has 0 spiro atoms. The van der Waals surface area contributed by atoms with Crippen molar-refractivity contribution >= 4 is 63.4 Å². The number of carbonyl (C=O) groups is 3. The number of hydrogen-bond acceptors (Lipinski definition) is 10. The van der Waals surface area contributed by atoms with Gasteiger partial charge in [0.15, 0.2) is 18.2 Å². The van der Waals surface area contributed by atoms with E-state index >= 15 is 0 Å². The highest BCUT2D eigenvalue weighted by Crippen LogP contribution is 2.30. The second kappa shape index (κ2) is 14.3. The molecule has 2 atom stereocenters. The van der Waals surface area contributed by atoms with E-state index in [1.165, 1.54) is 11.6 Å². The summed E-state index contributed by atoms with van der Waals surface area (Å²) in [6, 6.07) is 15.0. The van der Waals surface area contributed by atoms with Gasteiger partial charge in [-0.15, -0.1) is 0 Å². The first-order valence-corrected chi connectivity index (χ1v) is 16.3. The van der Waals surface area contributed by atoms with Crippen molar-refractivity contribution in [3.63, 3.8) is 0 Å². The third-order valence-corrected chi connectivity index (χ3v) is 9.05. The summed E-state index contributed by atoms with van der Waals surface area (Å²) >= 11 is 6.52. The van der Waals surface area contributed by atoms with E-state index in [1.54, 1.807) is 19.3 Å². The number of hydrogen-bond donors (Lipinski definition) is 4. The number of halogens is 1. The number of likely N-dealkylation sites (N-methyl/N-ethyl adjacent to an activating group) is 1. The molecule has 2 saturated heterocycles. The number of piperidine rings is 2. The van der Waals surface area contributed by atoms with E-state index in [0.29, 0.717) is 46.8 Å². The first kappa shape index (κ1) is 32.8. The summed E-state index contributed by atoms with van der Waals surface area (Å²) in [6.07, 6.45) is 4.53. The number of anilines is 4. The van der Waals surface area contributed by atoms with Crippen LogP contribution in [0.15, 0.2) is 59.5 Å². The van der Waals surface area contributed by atoms with Crippen LogP contribution in [0.3, 0.4) is 0 Å². The number of imide groups is 1. The molecule has 3 amide bonds. The second-order valence-corrected chi connectivity index (χ2v) is 12.5. The number of pyridine rings is 1. The van der Waals surface area contributed by atoms with Gasteiger partial charge in [-0.05, 0) is 67.1 Å². The van der Waals surface area contributed by atoms with Gasteiger partial charge in [-0.2, -0.15) is 4.98 Å². The van der Waals surface area contributed by atoms with Crippen molar-refractivity contribution < 1.29 is 19.1 Å². The van der Waals surface area contributed by atoms with Crippen LogP contribution in [0.4, 0.5) is 23.1 Å². The van der Waals surface area contributed by atoms with E-state index in [9.17, 15) is 19.2 Å². The maximum Gasteiger partial charge on any atom is 0.293 e. The zero-order valence-electron chi connectivity index (χ0n) is 26.7. The SMILES string of the molecule is CNC(=O)COc1cc2cc(Nc3nc(N4CCC[C@H](CNc5ccc([C@H]6CCC(=O)NC6=O)cc5)C4)ncc3Cl)ccc2n(C)c1=O. The van der Waals surface area contributed by atoms with Crippen molar-refractivity contribution in [2.75, 3.05) is 48.8 Å². The van der Waals surface area contributed by atoms with Crippen LogP contribution in [0.5, 0.6) is 5.75 Å². The zero-order valence-corrected chi connectivity index (χ0v) is 27.5. The van der Waals surface area contributed by atoms with Crippen LogP contribution in [0.25, 0.3) is 10.9 Å². The molecule has 4 heterocycles. The average Bonchev–Trinajstić information content (AvgIpc) is 3.09. The Morgan fingerprint density at radius 1 is 1.08 bits per heavy atom. The molecule has 0 bridgehead atoms. The zero-order chi connectivity index (χ0) is 33.8. The van der Waals surface area contributed by atoms with Crippen molar-refractivity contribution in [1.82, 2.24) is 25.2 Å². The van der Waals surface area contributed by atoms with Gasteiger partial charge in [0.25, 0.3) is 11.5 Å². The van der Waals surface area contributed by atoms with Crippen LogP contribution in [-0.2, 0) is 21.4 Å². The Labute approximate surface area is 282 Å². The van der Waals surface area contributed by atoms with E-state index in [-0.39, 0.29) is 41.6 Å². The molecule has 250 valence electrons. The largest absolute Gasteiger partial charge is 0.478 e. The molecule has 13 nitrogen and oxygen atoms in total. The van der Waals surface area contributed by atoms with Crippen LogP contribution in [0, 0.1) is 5.92 Å². The summed E-state index contributed by atoms with van der Waals surface area (Å²) in [5.74, 6) is 0.384. The third-order valence-electron chi connectivity index (χ3n) is 8.77. The van der Waals surface area contributed by atoms with Gasteiger partial charge in [0.1, 0.15) is 5.02 Å². The molecule has 6 rings (SSSR count). The molecule has 4 aromatic rings. The number of rotatable bonds is 10. The molecule has 2 aliphatic rings. The highest BCUT2D eigenvalue weighted by Gasteiger charge is 2.28. The number of amides is 3. The Morgan fingerprint density at radius 2 is 1.88 bits per heavy atom. The molecule has 14 heteroatoms.